The fraction of sp³-hybridized carbons (Fsp3) is 0.0833. The molecule has 0 saturated heterocycles. The van der Waals surface area contributed by atoms with Gasteiger partial charge in [0.25, 0.3) is 0 Å². The van der Waals surface area contributed by atoms with Crippen LogP contribution in [0.3, 0.4) is 0 Å². The molecule has 0 unspecified atom stereocenters. The molecule has 0 aliphatic heterocycles. The fourth-order valence-electron chi connectivity index (χ4n) is 2.88. The van der Waals surface area contributed by atoms with E-state index in [0.717, 1.165) is 15.7 Å². The third-order valence-corrected chi connectivity index (χ3v) is 5.41. The second-order valence-corrected chi connectivity index (χ2v) is 7.72. The van der Waals surface area contributed by atoms with Gasteiger partial charge in [-0.3, -0.25) is 20.4 Å². The maximum Gasteiger partial charge on any atom is 0.305 e. The third-order valence-electron chi connectivity index (χ3n) is 4.42. The van der Waals surface area contributed by atoms with Crippen molar-refractivity contribution >= 4 is 34.3 Å². The number of furan rings is 1. The highest BCUT2D eigenvalue weighted by Gasteiger charge is 2.13. The smallest absolute Gasteiger partial charge is 0.305 e. The second-order valence-electron chi connectivity index (χ2n) is 6.67. The Morgan fingerprint density at radius 2 is 1.61 bits per heavy atom. The molecule has 2 amide bonds. The monoisotopic (exact) mass is 432 g/mol. The van der Waals surface area contributed by atoms with E-state index in [4.69, 9.17) is 9.15 Å². The molecule has 0 spiro atoms. The van der Waals surface area contributed by atoms with Gasteiger partial charge in [-0.25, -0.2) is 0 Å². The normalized spacial score (nSPS) is 10.6. The van der Waals surface area contributed by atoms with E-state index in [1.165, 1.54) is 17.8 Å². The van der Waals surface area contributed by atoms with Gasteiger partial charge in [0.1, 0.15) is 18.1 Å². The van der Waals surface area contributed by atoms with Gasteiger partial charge < -0.3 is 9.15 Å². The summed E-state index contributed by atoms with van der Waals surface area (Å²) >= 11 is 1.40. The van der Waals surface area contributed by atoms with Crippen LogP contribution in [0.4, 0.5) is 0 Å². The Morgan fingerprint density at radius 3 is 2.45 bits per heavy atom. The van der Waals surface area contributed by atoms with E-state index in [0.29, 0.717) is 11.5 Å². The molecule has 7 heteroatoms. The molecule has 0 bridgehead atoms. The Bertz CT molecular complexity index is 1190. The van der Waals surface area contributed by atoms with Crippen molar-refractivity contribution in [3.05, 3.63) is 96.4 Å². The van der Waals surface area contributed by atoms with Crippen molar-refractivity contribution in [3.8, 4) is 5.75 Å². The zero-order valence-corrected chi connectivity index (χ0v) is 17.4. The number of carbonyl (C=O) groups excluding carboxylic acids is 2. The van der Waals surface area contributed by atoms with Crippen molar-refractivity contribution in [3.63, 3.8) is 0 Å². The molecule has 0 atom stereocenters. The third kappa shape index (κ3) is 5.67. The molecular weight excluding hydrogens is 412 g/mol. The quantitative estimate of drug-likeness (QED) is 0.330. The van der Waals surface area contributed by atoms with Crippen LogP contribution in [-0.2, 0) is 11.4 Å². The lowest BCUT2D eigenvalue weighted by atomic mass is 10.1. The number of para-hydroxylation sites is 1. The minimum absolute atomic E-state index is 0.0918. The molecule has 0 saturated carbocycles. The van der Waals surface area contributed by atoms with E-state index < -0.39 is 5.91 Å². The standard InChI is InChI=1S/C24H20N2O4S/c27-23(16-31-21-12-10-17-6-4-5-7-18(17)14-21)25-26-24(28)22-13-11-20(30-22)15-29-19-8-2-1-3-9-19/h1-14H,15-16H2,(H,25,27)(H,26,28). The number of hydrogen-bond donors (Lipinski definition) is 2. The van der Waals surface area contributed by atoms with Crippen LogP contribution in [0.25, 0.3) is 10.8 Å². The summed E-state index contributed by atoms with van der Waals surface area (Å²) in [5.41, 5.74) is 4.77. The molecule has 0 radical (unpaired) electrons. The molecule has 3 aromatic carbocycles. The van der Waals surface area contributed by atoms with Gasteiger partial charge in [-0.1, -0.05) is 48.5 Å². The van der Waals surface area contributed by atoms with Crippen LogP contribution in [0.5, 0.6) is 5.75 Å². The fourth-order valence-corrected chi connectivity index (χ4v) is 3.62. The number of nitrogens with one attached hydrogen (secondary N) is 2. The van der Waals surface area contributed by atoms with Crippen molar-refractivity contribution in [2.45, 2.75) is 11.5 Å². The lowest BCUT2D eigenvalue weighted by molar-refractivity contribution is -0.119. The van der Waals surface area contributed by atoms with Crippen LogP contribution in [-0.4, -0.2) is 17.6 Å². The molecular formula is C24H20N2O4S. The average Bonchev–Trinajstić information content (AvgIpc) is 3.29. The minimum Gasteiger partial charge on any atom is -0.486 e. The maximum absolute atomic E-state index is 12.2. The lowest BCUT2D eigenvalue weighted by Gasteiger charge is -2.07. The van der Waals surface area contributed by atoms with Gasteiger partial charge in [0, 0.05) is 4.90 Å². The Hall–Kier alpha value is -3.71. The number of carbonyl (C=O) groups is 2. The highest BCUT2D eigenvalue weighted by molar-refractivity contribution is 8.00. The first-order valence-corrected chi connectivity index (χ1v) is 10.6. The molecule has 2 N–H and O–H groups in total. The molecule has 1 heterocycles. The number of rotatable bonds is 7. The van der Waals surface area contributed by atoms with E-state index in [1.807, 2.05) is 72.8 Å². The van der Waals surface area contributed by atoms with Crippen LogP contribution in [0.15, 0.2) is 94.2 Å². The van der Waals surface area contributed by atoms with Crippen molar-refractivity contribution in [1.29, 1.82) is 0 Å². The van der Waals surface area contributed by atoms with E-state index >= 15 is 0 Å². The summed E-state index contributed by atoms with van der Waals surface area (Å²) in [7, 11) is 0. The first kappa shape index (κ1) is 20.6. The van der Waals surface area contributed by atoms with E-state index in [9.17, 15) is 9.59 Å². The van der Waals surface area contributed by atoms with Crippen molar-refractivity contribution in [1.82, 2.24) is 10.9 Å². The molecule has 31 heavy (non-hydrogen) atoms. The minimum atomic E-state index is -0.532. The number of amides is 2. The molecule has 0 aliphatic carbocycles. The zero-order chi connectivity index (χ0) is 21.5. The first-order valence-electron chi connectivity index (χ1n) is 9.65. The number of hydrazine groups is 1. The van der Waals surface area contributed by atoms with Crippen LogP contribution in [0.2, 0.25) is 0 Å². The second kappa shape index (κ2) is 9.86. The van der Waals surface area contributed by atoms with Gasteiger partial charge >= 0.3 is 5.91 Å². The topological polar surface area (TPSA) is 80.6 Å². The zero-order valence-electron chi connectivity index (χ0n) is 16.5. The molecule has 4 rings (SSSR count). The van der Waals surface area contributed by atoms with E-state index in [-0.39, 0.29) is 24.0 Å². The average molecular weight is 433 g/mol. The molecule has 4 aromatic rings. The van der Waals surface area contributed by atoms with Crippen molar-refractivity contribution in [2.75, 3.05) is 5.75 Å². The Balaban J connectivity index is 1.22. The summed E-state index contributed by atoms with van der Waals surface area (Å²) in [6.07, 6.45) is 0. The Morgan fingerprint density at radius 1 is 0.839 bits per heavy atom. The van der Waals surface area contributed by atoms with Gasteiger partial charge in [0.15, 0.2) is 5.76 Å². The predicted octanol–water partition coefficient (Wildman–Crippen LogP) is 4.57. The largest absolute Gasteiger partial charge is 0.486 e. The van der Waals surface area contributed by atoms with Gasteiger partial charge in [-0.2, -0.15) is 0 Å². The van der Waals surface area contributed by atoms with Crippen LogP contribution in [0.1, 0.15) is 16.3 Å². The van der Waals surface area contributed by atoms with Gasteiger partial charge in [-0.05, 0) is 47.2 Å². The van der Waals surface area contributed by atoms with Crippen LogP contribution < -0.4 is 15.6 Å². The summed E-state index contributed by atoms with van der Waals surface area (Å²) in [5.74, 6) is 0.635. The van der Waals surface area contributed by atoms with Gasteiger partial charge in [0.05, 0.1) is 5.75 Å². The lowest BCUT2D eigenvalue weighted by Crippen LogP contribution is -2.42. The number of thioether (sulfide) groups is 1. The Kier molecular flexibility index (Phi) is 6.54. The van der Waals surface area contributed by atoms with Crippen LogP contribution >= 0.6 is 11.8 Å². The number of fused-ring (bicyclic) bond motifs is 1. The van der Waals surface area contributed by atoms with E-state index in [1.54, 1.807) is 6.07 Å². The maximum atomic E-state index is 12.2. The highest BCUT2D eigenvalue weighted by atomic mass is 32.2. The van der Waals surface area contributed by atoms with E-state index in [2.05, 4.69) is 10.9 Å². The molecule has 1 aromatic heterocycles. The highest BCUT2D eigenvalue weighted by Crippen LogP contribution is 2.23. The summed E-state index contributed by atoms with van der Waals surface area (Å²) in [5, 5.41) is 2.27. The number of hydrogen-bond acceptors (Lipinski definition) is 5. The molecule has 156 valence electrons. The van der Waals surface area contributed by atoms with Crippen LogP contribution in [0, 0.1) is 0 Å². The number of benzene rings is 3. The summed E-state index contributed by atoms with van der Waals surface area (Å²) in [6, 6.07) is 26.6. The van der Waals surface area contributed by atoms with Gasteiger partial charge in [0.2, 0.25) is 5.91 Å². The summed E-state index contributed by atoms with van der Waals surface area (Å²) in [4.78, 5) is 25.3. The van der Waals surface area contributed by atoms with Crippen molar-refractivity contribution in [2.24, 2.45) is 0 Å². The Labute approximate surface area is 183 Å². The van der Waals surface area contributed by atoms with Gasteiger partial charge in [-0.15, -0.1) is 11.8 Å². The molecule has 0 fully saturated rings. The molecule has 6 nitrogen and oxygen atoms in total. The van der Waals surface area contributed by atoms with Crippen molar-refractivity contribution < 1.29 is 18.7 Å². The predicted molar refractivity (Wildman–Crippen MR) is 120 cm³/mol. The molecule has 0 aliphatic rings. The summed E-state index contributed by atoms with van der Waals surface area (Å²) < 4.78 is 11.1. The SMILES string of the molecule is O=C(CSc1ccc2ccccc2c1)NNC(=O)c1ccc(COc2ccccc2)o1. The number of ether oxygens (including phenoxy) is 1. The first-order chi connectivity index (χ1) is 15.2. The summed E-state index contributed by atoms with van der Waals surface area (Å²) in [6.45, 7) is 0.200.